The molecule has 3 rings (SSSR count). The molecule has 0 N–H and O–H groups in total. The number of halogens is 1. The number of hydrogen-bond acceptors (Lipinski definition) is 6. The third kappa shape index (κ3) is 3.98. The van der Waals surface area contributed by atoms with Crippen LogP contribution in [-0.2, 0) is 16.8 Å². The molecule has 1 aliphatic rings. The van der Waals surface area contributed by atoms with Crippen molar-refractivity contribution in [1.82, 2.24) is 0 Å². The van der Waals surface area contributed by atoms with Crippen LogP contribution in [0.3, 0.4) is 0 Å². The maximum atomic E-state index is 12.3. The molecule has 0 bridgehead atoms. The molecule has 27 heavy (non-hydrogen) atoms. The van der Waals surface area contributed by atoms with Crippen molar-refractivity contribution in [2.24, 2.45) is 0 Å². The standard InChI is InChI=1S/C19H18ClNO6/c1-19(2,3)13-5-4-12(8-15(13)21(23)24)18(22)25-9-11-6-14(20)17-16(7-11)26-10-27-17/h4-8H,9-10H2,1-3H3. The number of hydrogen-bond donors (Lipinski definition) is 0. The van der Waals surface area contributed by atoms with Crippen LogP contribution in [0.1, 0.15) is 42.3 Å². The van der Waals surface area contributed by atoms with Crippen LogP contribution >= 0.6 is 11.6 Å². The quantitative estimate of drug-likeness (QED) is 0.429. The van der Waals surface area contributed by atoms with Crippen molar-refractivity contribution in [2.75, 3.05) is 6.79 Å². The zero-order valence-electron chi connectivity index (χ0n) is 15.1. The number of ether oxygens (including phenoxy) is 3. The van der Waals surface area contributed by atoms with Crippen LogP contribution in [0.2, 0.25) is 5.02 Å². The van der Waals surface area contributed by atoms with Crippen molar-refractivity contribution >= 4 is 23.3 Å². The van der Waals surface area contributed by atoms with Crippen LogP contribution in [0, 0.1) is 10.1 Å². The Morgan fingerprint density at radius 1 is 1.26 bits per heavy atom. The smallest absolute Gasteiger partial charge is 0.338 e. The summed E-state index contributed by atoms with van der Waals surface area (Å²) < 4.78 is 15.8. The summed E-state index contributed by atoms with van der Waals surface area (Å²) in [6.07, 6.45) is 0. The highest BCUT2D eigenvalue weighted by Gasteiger charge is 2.26. The Labute approximate surface area is 160 Å². The van der Waals surface area contributed by atoms with Gasteiger partial charge in [-0.2, -0.15) is 0 Å². The fourth-order valence-electron chi connectivity index (χ4n) is 2.78. The molecule has 0 saturated carbocycles. The minimum absolute atomic E-state index is 0.0516. The molecular weight excluding hydrogens is 374 g/mol. The van der Waals surface area contributed by atoms with Crippen LogP contribution in [0.15, 0.2) is 30.3 Å². The monoisotopic (exact) mass is 391 g/mol. The zero-order chi connectivity index (χ0) is 19.8. The summed E-state index contributed by atoms with van der Waals surface area (Å²) >= 11 is 6.10. The Kier molecular flexibility index (Phi) is 4.97. The lowest BCUT2D eigenvalue weighted by molar-refractivity contribution is -0.386. The number of nitro groups is 1. The molecule has 0 fully saturated rings. The van der Waals surface area contributed by atoms with E-state index in [1.54, 1.807) is 18.2 Å². The first-order chi connectivity index (χ1) is 12.7. The summed E-state index contributed by atoms with van der Waals surface area (Å²) in [5.74, 6) is 0.284. The van der Waals surface area contributed by atoms with Crippen molar-refractivity contribution in [1.29, 1.82) is 0 Å². The lowest BCUT2D eigenvalue weighted by Crippen LogP contribution is -2.15. The molecule has 142 valence electrons. The average molecular weight is 392 g/mol. The van der Waals surface area contributed by atoms with E-state index in [9.17, 15) is 14.9 Å². The van der Waals surface area contributed by atoms with Crippen molar-refractivity contribution in [3.05, 3.63) is 62.2 Å². The second-order valence-electron chi connectivity index (χ2n) is 7.13. The van der Waals surface area contributed by atoms with Gasteiger partial charge >= 0.3 is 5.97 Å². The van der Waals surface area contributed by atoms with E-state index in [2.05, 4.69) is 0 Å². The van der Waals surface area contributed by atoms with E-state index in [1.807, 2.05) is 20.8 Å². The highest BCUT2D eigenvalue weighted by Crippen LogP contribution is 2.40. The number of carbonyl (C=O) groups excluding carboxylic acids is 1. The molecule has 0 saturated heterocycles. The van der Waals surface area contributed by atoms with Crippen molar-refractivity contribution in [3.63, 3.8) is 0 Å². The number of benzene rings is 2. The van der Waals surface area contributed by atoms with Gasteiger partial charge in [0.1, 0.15) is 6.61 Å². The van der Waals surface area contributed by atoms with Crippen LogP contribution in [-0.4, -0.2) is 17.7 Å². The average Bonchev–Trinajstić information content (AvgIpc) is 3.07. The van der Waals surface area contributed by atoms with Gasteiger partial charge in [0, 0.05) is 11.6 Å². The molecule has 0 atom stereocenters. The lowest BCUT2D eigenvalue weighted by Gasteiger charge is -2.19. The Hall–Kier alpha value is -2.80. The highest BCUT2D eigenvalue weighted by atomic mass is 35.5. The fraction of sp³-hybridized carbons (Fsp3) is 0.316. The van der Waals surface area contributed by atoms with Gasteiger partial charge in [-0.1, -0.05) is 38.4 Å². The third-order valence-electron chi connectivity index (χ3n) is 4.10. The largest absolute Gasteiger partial charge is 0.457 e. The topological polar surface area (TPSA) is 87.9 Å². The first-order valence-electron chi connectivity index (χ1n) is 8.21. The molecule has 2 aromatic rings. The van der Waals surface area contributed by atoms with Crippen LogP contribution in [0.4, 0.5) is 5.69 Å². The van der Waals surface area contributed by atoms with E-state index in [0.717, 1.165) is 0 Å². The van der Waals surface area contributed by atoms with Gasteiger partial charge in [0.25, 0.3) is 5.69 Å². The van der Waals surface area contributed by atoms with E-state index >= 15 is 0 Å². The molecule has 0 unspecified atom stereocenters. The molecule has 1 heterocycles. The van der Waals surface area contributed by atoms with E-state index in [-0.39, 0.29) is 24.7 Å². The summed E-state index contributed by atoms with van der Waals surface area (Å²) in [5, 5.41) is 11.7. The first kappa shape index (κ1) is 19.0. The van der Waals surface area contributed by atoms with Crippen LogP contribution in [0.25, 0.3) is 0 Å². The second kappa shape index (κ2) is 7.08. The first-order valence-corrected chi connectivity index (χ1v) is 8.58. The molecule has 2 aromatic carbocycles. The molecular formula is C19H18ClNO6. The third-order valence-corrected chi connectivity index (χ3v) is 4.38. The minimum atomic E-state index is -0.660. The Morgan fingerprint density at radius 3 is 2.67 bits per heavy atom. The molecule has 1 aliphatic heterocycles. The van der Waals surface area contributed by atoms with E-state index in [0.29, 0.717) is 27.6 Å². The summed E-state index contributed by atoms with van der Waals surface area (Å²) in [4.78, 5) is 23.2. The van der Waals surface area contributed by atoms with Gasteiger partial charge in [-0.05, 0) is 29.2 Å². The summed E-state index contributed by atoms with van der Waals surface area (Å²) in [7, 11) is 0. The van der Waals surface area contributed by atoms with Crippen LogP contribution < -0.4 is 9.47 Å². The molecule has 0 aliphatic carbocycles. The van der Waals surface area contributed by atoms with Crippen molar-refractivity contribution in [2.45, 2.75) is 32.8 Å². The SMILES string of the molecule is CC(C)(C)c1ccc(C(=O)OCc2cc(Cl)c3c(c2)OCO3)cc1[N+](=O)[O-]. The maximum Gasteiger partial charge on any atom is 0.338 e. The van der Waals surface area contributed by atoms with Gasteiger partial charge < -0.3 is 14.2 Å². The van der Waals surface area contributed by atoms with E-state index in [1.165, 1.54) is 12.1 Å². The normalized spacial score (nSPS) is 12.7. The zero-order valence-corrected chi connectivity index (χ0v) is 15.8. The van der Waals surface area contributed by atoms with Crippen molar-refractivity contribution in [3.8, 4) is 11.5 Å². The fourth-order valence-corrected chi connectivity index (χ4v) is 3.07. The number of nitro benzene ring substituents is 1. The number of rotatable bonds is 4. The lowest BCUT2D eigenvalue weighted by atomic mass is 9.85. The van der Waals surface area contributed by atoms with E-state index < -0.39 is 16.3 Å². The highest BCUT2D eigenvalue weighted by molar-refractivity contribution is 6.32. The number of fused-ring (bicyclic) bond motifs is 1. The Bertz CT molecular complexity index is 919. The van der Waals surface area contributed by atoms with Crippen LogP contribution in [0.5, 0.6) is 11.5 Å². The predicted molar refractivity (Wildman–Crippen MR) is 98.5 cm³/mol. The van der Waals surface area contributed by atoms with Gasteiger partial charge in [-0.3, -0.25) is 10.1 Å². The molecule has 0 amide bonds. The molecule has 0 spiro atoms. The van der Waals surface area contributed by atoms with Gasteiger partial charge in [0.05, 0.1) is 15.5 Å². The molecule has 8 heteroatoms. The maximum absolute atomic E-state index is 12.3. The van der Waals surface area contributed by atoms with Crippen molar-refractivity contribution < 1.29 is 23.9 Å². The Balaban J connectivity index is 1.78. The number of nitrogens with zero attached hydrogens (tertiary/aromatic N) is 1. The van der Waals surface area contributed by atoms with E-state index in [4.69, 9.17) is 25.8 Å². The molecule has 7 nitrogen and oxygen atoms in total. The number of esters is 1. The second-order valence-corrected chi connectivity index (χ2v) is 7.53. The van der Waals surface area contributed by atoms with Gasteiger partial charge in [-0.25, -0.2) is 4.79 Å². The summed E-state index contributed by atoms with van der Waals surface area (Å²) in [6.45, 7) is 5.65. The van der Waals surface area contributed by atoms with Gasteiger partial charge in [0.15, 0.2) is 11.5 Å². The number of carbonyl (C=O) groups is 1. The summed E-state index contributed by atoms with van der Waals surface area (Å²) in [5.41, 5.74) is 0.753. The molecule has 0 aromatic heterocycles. The van der Waals surface area contributed by atoms with Gasteiger partial charge in [-0.15, -0.1) is 0 Å². The van der Waals surface area contributed by atoms with Gasteiger partial charge in [0.2, 0.25) is 6.79 Å². The Morgan fingerprint density at radius 2 is 2.00 bits per heavy atom. The minimum Gasteiger partial charge on any atom is -0.457 e. The summed E-state index contributed by atoms with van der Waals surface area (Å²) in [6, 6.07) is 7.66. The predicted octanol–water partition coefficient (Wildman–Crippen LogP) is 4.63. The molecule has 0 radical (unpaired) electrons.